The molecule has 1 aromatic rings. The first-order chi connectivity index (χ1) is 5.38. The van der Waals surface area contributed by atoms with E-state index in [1.807, 2.05) is 42.2 Å². The fourth-order valence-electron chi connectivity index (χ4n) is 0.908. The Balaban J connectivity index is 2.82. The summed E-state index contributed by atoms with van der Waals surface area (Å²) in [5.74, 6) is 0. The molecule has 0 spiro atoms. The Kier molecular flexibility index (Phi) is 3.05. The van der Waals surface area contributed by atoms with Gasteiger partial charge in [0.25, 0.3) is 0 Å². The largest absolute Gasteiger partial charge is 0.330 e. The second kappa shape index (κ2) is 4.09. The molecule has 1 rings (SSSR count). The van der Waals surface area contributed by atoms with Crippen LogP contribution in [0, 0.1) is 0 Å². The first kappa shape index (κ1) is 8.21. The molecule has 2 heteroatoms. The second-order valence-corrected chi connectivity index (χ2v) is 2.35. The van der Waals surface area contributed by atoms with Gasteiger partial charge in [-0.2, -0.15) is 0 Å². The van der Waals surface area contributed by atoms with E-state index in [9.17, 15) is 0 Å². The van der Waals surface area contributed by atoms with Crippen molar-refractivity contribution < 1.29 is 0 Å². The van der Waals surface area contributed by atoms with Crippen molar-refractivity contribution in [2.45, 2.75) is 6.92 Å². The third-order valence-electron chi connectivity index (χ3n) is 1.49. The van der Waals surface area contributed by atoms with E-state index < -0.39 is 0 Å². The molecule has 0 aromatic heterocycles. The van der Waals surface area contributed by atoms with E-state index in [2.05, 4.69) is 5.49 Å². The fourth-order valence-corrected chi connectivity index (χ4v) is 1.14. The van der Waals surface area contributed by atoms with E-state index in [1.54, 1.807) is 0 Å². The van der Waals surface area contributed by atoms with Gasteiger partial charge < -0.3 is 4.90 Å². The number of rotatable bonds is 3. The molecule has 0 aliphatic carbocycles. The summed E-state index contributed by atoms with van der Waals surface area (Å²) in [5, 5.41) is 0. The van der Waals surface area contributed by atoms with E-state index in [1.165, 1.54) is 0 Å². The van der Waals surface area contributed by atoms with Gasteiger partial charge in [0.05, 0.1) is 0 Å². The zero-order valence-corrected chi connectivity index (χ0v) is 7.27. The SMILES string of the molecule is CCN([C]=S)c1ccccc1. The predicted octanol–water partition coefficient (Wildman–Crippen LogP) is 2.35. The third kappa shape index (κ3) is 2.02. The van der Waals surface area contributed by atoms with Gasteiger partial charge in [-0.05, 0) is 19.1 Å². The lowest BCUT2D eigenvalue weighted by atomic mass is 10.3. The minimum Gasteiger partial charge on any atom is -0.330 e. The quantitative estimate of drug-likeness (QED) is 0.498. The van der Waals surface area contributed by atoms with Crippen molar-refractivity contribution in [3.63, 3.8) is 0 Å². The van der Waals surface area contributed by atoms with Crippen LogP contribution in [0.2, 0.25) is 0 Å². The van der Waals surface area contributed by atoms with Crippen LogP contribution in [0.3, 0.4) is 0 Å². The van der Waals surface area contributed by atoms with Crippen LogP contribution in [0.15, 0.2) is 30.3 Å². The van der Waals surface area contributed by atoms with Gasteiger partial charge in [0.1, 0.15) is 5.49 Å². The van der Waals surface area contributed by atoms with Gasteiger partial charge in [0.15, 0.2) is 0 Å². The number of thiocarbonyl (C=S) groups is 1. The summed E-state index contributed by atoms with van der Waals surface area (Å²) < 4.78 is 0. The van der Waals surface area contributed by atoms with Crippen LogP contribution in [0.25, 0.3) is 0 Å². The summed E-state index contributed by atoms with van der Waals surface area (Å²) in [4.78, 5) is 1.90. The van der Waals surface area contributed by atoms with Crippen LogP contribution in [-0.2, 0) is 0 Å². The molecular weight excluding hydrogens is 154 g/mol. The summed E-state index contributed by atoms with van der Waals surface area (Å²) in [5.41, 5.74) is 3.79. The van der Waals surface area contributed by atoms with Crippen LogP contribution >= 0.6 is 12.2 Å². The highest BCUT2D eigenvalue weighted by Gasteiger charge is 1.97. The molecule has 0 aliphatic heterocycles. The Bertz CT molecular complexity index is 220. The molecular formula is C9H10NS. The average Bonchev–Trinajstić information content (AvgIpc) is 2.09. The number of hydrogen-bond donors (Lipinski definition) is 0. The minimum absolute atomic E-state index is 0.869. The average molecular weight is 164 g/mol. The van der Waals surface area contributed by atoms with E-state index in [-0.39, 0.29) is 0 Å². The number of hydrogen-bond acceptors (Lipinski definition) is 1. The smallest absolute Gasteiger partial charge is 0.141 e. The molecule has 0 amide bonds. The molecule has 0 N–H and O–H groups in total. The Morgan fingerprint density at radius 3 is 2.45 bits per heavy atom. The summed E-state index contributed by atoms with van der Waals surface area (Å²) in [6, 6.07) is 10.0. The summed E-state index contributed by atoms with van der Waals surface area (Å²) in [6.45, 7) is 2.92. The van der Waals surface area contributed by atoms with Crippen LogP contribution in [-0.4, -0.2) is 12.0 Å². The highest BCUT2D eigenvalue weighted by Crippen LogP contribution is 2.10. The Hall–Kier alpha value is -0.890. The van der Waals surface area contributed by atoms with Crippen molar-refractivity contribution in [1.29, 1.82) is 0 Å². The van der Waals surface area contributed by atoms with Crippen LogP contribution < -0.4 is 4.90 Å². The van der Waals surface area contributed by atoms with Gasteiger partial charge in [-0.15, -0.1) is 0 Å². The van der Waals surface area contributed by atoms with Crippen LogP contribution in [0.5, 0.6) is 0 Å². The molecule has 1 nitrogen and oxygen atoms in total. The number of anilines is 1. The van der Waals surface area contributed by atoms with Gasteiger partial charge in [-0.3, -0.25) is 0 Å². The van der Waals surface area contributed by atoms with Crippen molar-refractivity contribution in [3.05, 3.63) is 30.3 Å². The predicted molar refractivity (Wildman–Crippen MR) is 52.1 cm³/mol. The van der Waals surface area contributed by atoms with Gasteiger partial charge in [0, 0.05) is 12.2 Å². The lowest BCUT2D eigenvalue weighted by Gasteiger charge is -2.14. The first-order valence-corrected chi connectivity index (χ1v) is 3.99. The zero-order valence-electron chi connectivity index (χ0n) is 6.45. The standard InChI is InChI=1S/C9H10NS/c1-2-10(8-11)9-6-4-3-5-7-9/h3-7H,2H2,1H3. The maximum atomic E-state index is 4.73. The maximum Gasteiger partial charge on any atom is 0.141 e. The molecule has 57 valence electrons. The van der Waals surface area contributed by atoms with Crippen molar-refractivity contribution in [3.8, 4) is 0 Å². The summed E-state index contributed by atoms with van der Waals surface area (Å²) in [6.07, 6.45) is 0. The molecule has 1 radical (unpaired) electrons. The molecule has 0 heterocycles. The highest BCUT2D eigenvalue weighted by atomic mass is 32.1. The molecule has 0 bridgehead atoms. The molecule has 0 atom stereocenters. The third-order valence-corrected chi connectivity index (χ3v) is 1.71. The van der Waals surface area contributed by atoms with E-state index in [0.717, 1.165) is 12.2 Å². The highest BCUT2D eigenvalue weighted by molar-refractivity contribution is 7.79. The minimum atomic E-state index is 0.869. The maximum absolute atomic E-state index is 4.73. The molecule has 0 saturated carbocycles. The van der Waals surface area contributed by atoms with Gasteiger partial charge in [-0.1, -0.05) is 30.4 Å². The molecule has 0 unspecified atom stereocenters. The normalized spacial score (nSPS) is 9.18. The van der Waals surface area contributed by atoms with Crippen molar-refractivity contribution >= 4 is 23.4 Å². The Morgan fingerprint density at radius 1 is 1.36 bits per heavy atom. The molecule has 11 heavy (non-hydrogen) atoms. The molecule has 0 fully saturated rings. The molecule has 1 aromatic carbocycles. The second-order valence-electron chi connectivity index (χ2n) is 2.17. The van der Waals surface area contributed by atoms with Gasteiger partial charge in [-0.25, -0.2) is 0 Å². The zero-order chi connectivity index (χ0) is 8.10. The van der Waals surface area contributed by atoms with Crippen LogP contribution in [0.1, 0.15) is 6.92 Å². The first-order valence-electron chi connectivity index (χ1n) is 3.59. The van der Waals surface area contributed by atoms with Crippen molar-refractivity contribution in [2.24, 2.45) is 0 Å². The van der Waals surface area contributed by atoms with Gasteiger partial charge >= 0.3 is 0 Å². The lowest BCUT2D eigenvalue weighted by molar-refractivity contribution is 1.08. The van der Waals surface area contributed by atoms with Crippen molar-refractivity contribution in [1.82, 2.24) is 0 Å². The van der Waals surface area contributed by atoms with Crippen molar-refractivity contribution in [2.75, 3.05) is 11.4 Å². The Morgan fingerprint density at radius 2 is 2.00 bits per heavy atom. The lowest BCUT2D eigenvalue weighted by Crippen LogP contribution is -2.18. The monoisotopic (exact) mass is 164 g/mol. The van der Waals surface area contributed by atoms with E-state index in [4.69, 9.17) is 12.2 Å². The van der Waals surface area contributed by atoms with Crippen LogP contribution in [0.4, 0.5) is 5.69 Å². The van der Waals surface area contributed by atoms with E-state index in [0.29, 0.717) is 0 Å². The molecule has 0 saturated heterocycles. The number of benzene rings is 1. The molecule has 0 aliphatic rings. The summed E-state index contributed by atoms with van der Waals surface area (Å²) in [7, 11) is 0. The Labute approximate surface area is 72.6 Å². The summed E-state index contributed by atoms with van der Waals surface area (Å²) >= 11 is 4.73. The van der Waals surface area contributed by atoms with Gasteiger partial charge in [0.2, 0.25) is 0 Å². The number of para-hydroxylation sites is 1. The van der Waals surface area contributed by atoms with E-state index >= 15 is 0 Å². The fraction of sp³-hybridized carbons (Fsp3) is 0.222. The number of nitrogens with zero attached hydrogens (tertiary/aromatic N) is 1. The topological polar surface area (TPSA) is 3.24 Å².